The van der Waals surface area contributed by atoms with E-state index in [0.717, 1.165) is 0 Å². The van der Waals surface area contributed by atoms with Crippen LogP contribution >= 0.6 is 0 Å². The maximum atomic E-state index is 13.0. The summed E-state index contributed by atoms with van der Waals surface area (Å²) in [6.45, 7) is 5.26. The summed E-state index contributed by atoms with van der Waals surface area (Å²) in [6.07, 6.45) is 0.642. The molecule has 2 heterocycles. The summed E-state index contributed by atoms with van der Waals surface area (Å²) >= 11 is 0. The molecule has 1 aliphatic rings. The molecule has 2 N–H and O–H groups in total. The second-order valence-electron chi connectivity index (χ2n) is 7.74. The molecule has 0 aromatic carbocycles. The standard InChI is InChI=1S/C20H31N5O7/c1-13(2)17(23-20(29)32-9-8-31-7-6-30-3)15(26)10-14-11-16-24-22-12-25(16)5-4-21-19(28)18(14)27/h12-14,17H,4-11H2,1-3H3,(H,21,28)(H,23,29). The Labute approximate surface area is 186 Å². The Bertz CT molecular complexity index is 795. The number of nitrogens with zero attached hydrogens (tertiary/aromatic N) is 3. The lowest BCUT2D eigenvalue weighted by Crippen LogP contribution is -2.46. The number of hydrogen-bond donors (Lipinski definition) is 2. The van der Waals surface area contributed by atoms with E-state index in [0.29, 0.717) is 25.6 Å². The highest BCUT2D eigenvalue weighted by atomic mass is 16.6. The molecule has 0 saturated carbocycles. The van der Waals surface area contributed by atoms with Gasteiger partial charge in [0.25, 0.3) is 5.91 Å². The minimum absolute atomic E-state index is 0.0193. The molecule has 2 unspecified atom stereocenters. The number of fused-ring (bicyclic) bond motifs is 1. The van der Waals surface area contributed by atoms with E-state index >= 15 is 0 Å². The van der Waals surface area contributed by atoms with Crippen LogP contribution in [-0.2, 0) is 41.6 Å². The molecule has 0 aliphatic carbocycles. The van der Waals surface area contributed by atoms with Gasteiger partial charge in [-0.15, -0.1) is 10.2 Å². The number of aromatic nitrogens is 3. The Morgan fingerprint density at radius 1 is 1.25 bits per heavy atom. The first-order valence-electron chi connectivity index (χ1n) is 10.5. The highest BCUT2D eigenvalue weighted by Gasteiger charge is 2.34. The summed E-state index contributed by atoms with van der Waals surface area (Å²) < 4.78 is 16.8. The molecule has 32 heavy (non-hydrogen) atoms. The lowest BCUT2D eigenvalue weighted by atomic mass is 9.88. The molecule has 0 spiro atoms. The van der Waals surface area contributed by atoms with Crippen LogP contribution < -0.4 is 10.6 Å². The molecule has 2 rings (SSSR count). The number of carbonyl (C=O) groups is 4. The third kappa shape index (κ3) is 7.68. The fourth-order valence-electron chi connectivity index (χ4n) is 3.26. The van der Waals surface area contributed by atoms with E-state index in [2.05, 4.69) is 20.8 Å². The van der Waals surface area contributed by atoms with Crippen LogP contribution in [-0.4, -0.2) is 84.5 Å². The van der Waals surface area contributed by atoms with Crippen molar-refractivity contribution >= 4 is 23.6 Å². The van der Waals surface area contributed by atoms with E-state index in [9.17, 15) is 19.2 Å². The van der Waals surface area contributed by atoms with Gasteiger partial charge in [-0.3, -0.25) is 14.4 Å². The van der Waals surface area contributed by atoms with E-state index in [1.54, 1.807) is 25.5 Å². The lowest BCUT2D eigenvalue weighted by molar-refractivity contribution is -0.141. The zero-order valence-corrected chi connectivity index (χ0v) is 18.7. The first-order chi connectivity index (χ1) is 15.3. The van der Waals surface area contributed by atoms with Crippen molar-refractivity contribution in [1.82, 2.24) is 25.4 Å². The van der Waals surface area contributed by atoms with Gasteiger partial charge >= 0.3 is 6.09 Å². The van der Waals surface area contributed by atoms with Crippen LogP contribution in [0.25, 0.3) is 0 Å². The van der Waals surface area contributed by atoms with Crippen LogP contribution in [0.2, 0.25) is 0 Å². The molecule has 0 bridgehead atoms. The number of amides is 2. The Kier molecular flexibility index (Phi) is 10.2. The smallest absolute Gasteiger partial charge is 0.407 e. The highest BCUT2D eigenvalue weighted by molar-refractivity contribution is 6.37. The molecule has 1 aliphatic heterocycles. The van der Waals surface area contributed by atoms with Crippen LogP contribution in [0.4, 0.5) is 4.79 Å². The van der Waals surface area contributed by atoms with Crippen molar-refractivity contribution in [3.63, 3.8) is 0 Å². The summed E-state index contributed by atoms with van der Waals surface area (Å²) in [7, 11) is 1.56. The zero-order chi connectivity index (χ0) is 23.5. The first kappa shape index (κ1) is 25.4. The van der Waals surface area contributed by atoms with Gasteiger partial charge in [0, 0.05) is 39.0 Å². The van der Waals surface area contributed by atoms with Crippen molar-refractivity contribution in [2.75, 3.05) is 40.1 Å². The first-order valence-corrected chi connectivity index (χ1v) is 10.5. The van der Waals surface area contributed by atoms with Gasteiger partial charge < -0.3 is 29.4 Å². The highest BCUT2D eigenvalue weighted by Crippen LogP contribution is 2.17. The maximum absolute atomic E-state index is 13.0. The van der Waals surface area contributed by atoms with E-state index < -0.39 is 29.7 Å². The Hall–Kier alpha value is -2.86. The summed E-state index contributed by atoms with van der Waals surface area (Å²) in [5.74, 6) is -2.43. The molecule has 12 nitrogen and oxygen atoms in total. The summed E-state index contributed by atoms with van der Waals surface area (Å²) in [5, 5.41) is 13.0. The normalized spacial score (nSPS) is 17.6. The van der Waals surface area contributed by atoms with E-state index in [4.69, 9.17) is 14.2 Å². The average Bonchev–Trinajstić information content (AvgIpc) is 3.20. The third-order valence-electron chi connectivity index (χ3n) is 4.98. The molecule has 178 valence electrons. The number of ether oxygens (including phenoxy) is 3. The molecule has 1 aromatic heterocycles. The second kappa shape index (κ2) is 12.9. The van der Waals surface area contributed by atoms with E-state index in [-0.39, 0.29) is 44.3 Å². The van der Waals surface area contributed by atoms with E-state index in [1.807, 2.05) is 0 Å². The minimum atomic E-state index is -0.906. The number of alkyl carbamates (subject to hydrolysis) is 1. The van der Waals surface area contributed by atoms with Crippen molar-refractivity contribution in [2.24, 2.45) is 11.8 Å². The van der Waals surface area contributed by atoms with Crippen LogP contribution in [0, 0.1) is 11.8 Å². The molecule has 2 atom stereocenters. The Morgan fingerprint density at radius 2 is 2.00 bits per heavy atom. The van der Waals surface area contributed by atoms with Gasteiger partial charge in [-0.25, -0.2) is 4.79 Å². The average molecular weight is 453 g/mol. The minimum Gasteiger partial charge on any atom is -0.447 e. The SMILES string of the molecule is COCCOCCOC(=O)NC(C(=O)CC1Cc2nncn2CCNC(=O)C1=O)C(C)C. The molecule has 0 radical (unpaired) electrons. The van der Waals surface area contributed by atoms with Gasteiger partial charge in [-0.05, 0) is 5.92 Å². The van der Waals surface area contributed by atoms with Gasteiger partial charge in [-0.2, -0.15) is 0 Å². The van der Waals surface area contributed by atoms with Crippen LogP contribution in [0.3, 0.4) is 0 Å². The molecule has 0 saturated heterocycles. The zero-order valence-electron chi connectivity index (χ0n) is 18.7. The van der Waals surface area contributed by atoms with Crippen LogP contribution in [0.15, 0.2) is 6.33 Å². The molecule has 0 fully saturated rings. The van der Waals surface area contributed by atoms with Crippen LogP contribution in [0.1, 0.15) is 26.1 Å². The summed E-state index contributed by atoms with van der Waals surface area (Å²) in [5.41, 5.74) is 0. The number of methoxy groups -OCH3 is 1. The van der Waals surface area contributed by atoms with Crippen molar-refractivity contribution in [3.05, 3.63) is 12.2 Å². The molecule has 12 heteroatoms. The maximum Gasteiger partial charge on any atom is 0.407 e. The van der Waals surface area contributed by atoms with Crippen molar-refractivity contribution in [2.45, 2.75) is 39.3 Å². The third-order valence-corrected chi connectivity index (χ3v) is 4.98. The van der Waals surface area contributed by atoms with Gasteiger partial charge in [0.2, 0.25) is 5.78 Å². The molecular formula is C20H31N5O7. The summed E-state index contributed by atoms with van der Waals surface area (Å²) in [6, 6.07) is -0.877. The number of carbonyl (C=O) groups excluding carboxylic acids is 4. The van der Waals surface area contributed by atoms with Gasteiger partial charge in [0.15, 0.2) is 5.78 Å². The quantitative estimate of drug-likeness (QED) is 0.334. The van der Waals surface area contributed by atoms with Crippen molar-refractivity contribution in [3.8, 4) is 0 Å². The fourth-order valence-corrected chi connectivity index (χ4v) is 3.26. The number of ketones is 2. The lowest BCUT2D eigenvalue weighted by Gasteiger charge is -2.23. The number of nitrogens with one attached hydrogen (secondary N) is 2. The van der Waals surface area contributed by atoms with Crippen molar-refractivity contribution < 1.29 is 33.4 Å². The Balaban J connectivity index is 1.97. The molecule has 1 aromatic rings. The molecular weight excluding hydrogens is 422 g/mol. The Morgan fingerprint density at radius 3 is 2.72 bits per heavy atom. The number of rotatable bonds is 11. The number of Topliss-reactive ketones (excluding diaryl/α,β-unsaturated/α-hetero) is 2. The summed E-state index contributed by atoms with van der Waals surface area (Å²) in [4.78, 5) is 49.9. The predicted molar refractivity (Wildman–Crippen MR) is 111 cm³/mol. The second-order valence-corrected chi connectivity index (χ2v) is 7.74. The topological polar surface area (TPSA) is 151 Å². The monoisotopic (exact) mass is 453 g/mol. The fraction of sp³-hybridized carbons (Fsp3) is 0.700. The molecule has 2 amide bonds. The van der Waals surface area contributed by atoms with Gasteiger partial charge in [0.1, 0.15) is 18.8 Å². The largest absolute Gasteiger partial charge is 0.447 e. The van der Waals surface area contributed by atoms with Crippen molar-refractivity contribution in [1.29, 1.82) is 0 Å². The van der Waals surface area contributed by atoms with Crippen LogP contribution in [0.5, 0.6) is 0 Å². The van der Waals surface area contributed by atoms with Gasteiger partial charge in [-0.1, -0.05) is 13.8 Å². The number of hydrogen-bond acceptors (Lipinski definition) is 9. The van der Waals surface area contributed by atoms with Gasteiger partial charge in [0.05, 0.1) is 25.9 Å². The van der Waals surface area contributed by atoms with E-state index in [1.165, 1.54) is 6.33 Å². The predicted octanol–water partition coefficient (Wildman–Crippen LogP) is -0.491.